The highest BCUT2D eigenvalue weighted by molar-refractivity contribution is 7.92. The average Bonchev–Trinajstić information content (AvgIpc) is 2.81. The van der Waals surface area contributed by atoms with Gasteiger partial charge in [0.2, 0.25) is 0 Å². The van der Waals surface area contributed by atoms with E-state index in [1.54, 1.807) is 0 Å². The van der Waals surface area contributed by atoms with Gasteiger partial charge in [-0.05, 0) is 12.8 Å². The Hall–Kier alpha value is -0.170. The van der Waals surface area contributed by atoms with E-state index in [1.165, 1.54) is 0 Å². The van der Waals surface area contributed by atoms with E-state index in [0.29, 0.717) is 32.5 Å². The smallest absolute Gasteiger partial charge is 0.169 e. The minimum atomic E-state index is -3.15. The first kappa shape index (κ1) is 15.2. The van der Waals surface area contributed by atoms with E-state index in [1.807, 2.05) is 0 Å². The number of ether oxygens (including phenoxy) is 2. The number of rotatable bonds is 5. The van der Waals surface area contributed by atoms with Crippen LogP contribution in [0.5, 0.6) is 0 Å². The molecule has 19 heavy (non-hydrogen) atoms. The quantitative estimate of drug-likeness (QED) is 0.770. The molecule has 1 saturated heterocycles. The lowest BCUT2D eigenvalue weighted by Gasteiger charge is -2.39. The monoisotopic (exact) mass is 291 g/mol. The molecule has 1 aliphatic heterocycles. The molecule has 2 N–H and O–H groups in total. The van der Waals surface area contributed by atoms with Gasteiger partial charge in [-0.15, -0.1) is 0 Å². The normalized spacial score (nSPS) is 30.8. The van der Waals surface area contributed by atoms with Gasteiger partial charge in [-0.25, -0.2) is 8.42 Å². The maximum Gasteiger partial charge on any atom is 0.169 e. The summed E-state index contributed by atoms with van der Waals surface area (Å²) in [5.41, 5.74) is 6.03. The van der Waals surface area contributed by atoms with Crippen LogP contribution in [0.4, 0.5) is 0 Å². The van der Waals surface area contributed by atoms with E-state index in [-0.39, 0.29) is 11.8 Å². The molecule has 2 aliphatic rings. The van der Waals surface area contributed by atoms with Crippen molar-refractivity contribution in [2.75, 3.05) is 19.0 Å². The van der Waals surface area contributed by atoms with E-state index >= 15 is 0 Å². The summed E-state index contributed by atoms with van der Waals surface area (Å²) in [4.78, 5) is 0. The largest absolute Gasteiger partial charge is 0.347 e. The molecular formula is C13H25NO4S. The second-order valence-electron chi connectivity index (χ2n) is 5.63. The Morgan fingerprint density at radius 3 is 2.58 bits per heavy atom. The summed E-state index contributed by atoms with van der Waals surface area (Å²) in [5, 5.41) is -0.517. The van der Waals surface area contributed by atoms with Crippen molar-refractivity contribution >= 4 is 9.84 Å². The molecule has 0 bridgehead atoms. The molecule has 1 saturated carbocycles. The van der Waals surface area contributed by atoms with Crippen LogP contribution >= 0.6 is 0 Å². The van der Waals surface area contributed by atoms with Gasteiger partial charge in [0.1, 0.15) is 0 Å². The molecule has 2 unspecified atom stereocenters. The molecule has 6 heteroatoms. The number of unbranched alkanes of at least 4 members (excludes halogenated alkanes) is 2. The number of sulfone groups is 1. The fraction of sp³-hybridized carbons (Fsp3) is 1.00. The predicted octanol–water partition coefficient (Wildman–Crippen LogP) is 1.21. The van der Waals surface area contributed by atoms with E-state index in [4.69, 9.17) is 15.2 Å². The van der Waals surface area contributed by atoms with Crippen LogP contribution in [0.2, 0.25) is 0 Å². The summed E-state index contributed by atoms with van der Waals surface area (Å²) < 4.78 is 36.1. The van der Waals surface area contributed by atoms with Gasteiger partial charge in [-0.1, -0.05) is 19.8 Å². The SMILES string of the molecule is CCCCCS(=O)(=O)C1CC2(CCC1N)OCCO2. The van der Waals surface area contributed by atoms with Crippen molar-refractivity contribution in [2.45, 2.75) is 62.5 Å². The maximum absolute atomic E-state index is 12.4. The Labute approximate surface area is 115 Å². The first-order valence-electron chi connectivity index (χ1n) is 7.24. The Morgan fingerprint density at radius 1 is 1.26 bits per heavy atom. The van der Waals surface area contributed by atoms with Crippen LogP contribution in [0.3, 0.4) is 0 Å². The van der Waals surface area contributed by atoms with Crippen molar-refractivity contribution in [1.82, 2.24) is 0 Å². The van der Waals surface area contributed by atoms with Gasteiger partial charge in [0.05, 0.1) is 24.2 Å². The molecule has 2 atom stereocenters. The highest BCUT2D eigenvalue weighted by atomic mass is 32.2. The fourth-order valence-corrected chi connectivity index (χ4v) is 5.08. The van der Waals surface area contributed by atoms with Gasteiger partial charge in [0.25, 0.3) is 0 Å². The van der Waals surface area contributed by atoms with Gasteiger partial charge < -0.3 is 15.2 Å². The maximum atomic E-state index is 12.4. The lowest BCUT2D eigenvalue weighted by Crippen LogP contribution is -2.52. The third kappa shape index (κ3) is 3.48. The lowest BCUT2D eigenvalue weighted by atomic mass is 9.90. The van der Waals surface area contributed by atoms with Crippen LogP contribution in [0.25, 0.3) is 0 Å². The summed E-state index contributed by atoms with van der Waals surface area (Å²) in [5.74, 6) is -0.451. The Bertz CT molecular complexity index is 389. The van der Waals surface area contributed by atoms with Gasteiger partial charge in [0, 0.05) is 18.9 Å². The number of hydrogen-bond acceptors (Lipinski definition) is 5. The molecule has 1 spiro atoms. The molecule has 5 nitrogen and oxygen atoms in total. The molecule has 2 rings (SSSR count). The third-order valence-corrected chi connectivity index (χ3v) is 6.45. The molecule has 1 heterocycles. The summed E-state index contributed by atoms with van der Waals surface area (Å²) in [6.45, 7) is 3.17. The van der Waals surface area contributed by atoms with Crippen molar-refractivity contribution in [3.63, 3.8) is 0 Å². The molecule has 1 aliphatic carbocycles. The second-order valence-corrected chi connectivity index (χ2v) is 7.97. The van der Waals surface area contributed by atoms with Gasteiger partial charge in [-0.2, -0.15) is 0 Å². The van der Waals surface area contributed by atoms with E-state index in [2.05, 4.69) is 6.92 Å². The average molecular weight is 291 g/mol. The molecule has 0 amide bonds. The molecule has 0 radical (unpaired) electrons. The number of nitrogens with two attached hydrogens (primary N) is 1. The van der Waals surface area contributed by atoms with Crippen molar-refractivity contribution in [3.8, 4) is 0 Å². The van der Waals surface area contributed by atoms with E-state index in [0.717, 1.165) is 19.3 Å². The highest BCUT2D eigenvalue weighted by Crippen LogP contribution is 2.38. The van der Waals surface area contributed by atoms with Crippen LogP contribution in [-0.4, -0.2) is 44.5 Å². The van der Waals surface area contributed by atoms with Crippen molar-refractivity contribution < 1.29 is 17.9 Å². The summed E-state index contributed by atoms with van der Waals surface area (Å²) in [6.07, 6.45) is 4.42. The number of hydrogen-bond donors (Lipinski definition) is 1. The third-order valence-electron chi connectivity index (χ3n) is 4.16. The van der Waals surface area contributed by atoms with Crippen molar-refractivity contribution in [3.05, 3.63) is 0 Å². The molecule has 0 aromatic heterocycles. The Kier molecular flexibility index (Phi) is 4.87. The minimum absolute atomic E-state index is 0.231. The Morgan fingerprint density at radius 2 is 1.95 bits per heavy atom. The van der Waals surface area contributed by atoms with Crippen LogP contribution in [-0.2, 0) is 19.3 Å². The molecule has 0 aromatic rings. The molecule has 2 fully saturated rings. The molecular weight excluding hydrogens is 266 g/mol. The van der Waals surface area contributed by atoms with Crippen LogP contribution in [0.15, 0.2) is 0 Å². The molecule has 0 aromatic carbocycles. The van der Waals surface area contributed by atoms with Crippen molar-refractivity contribution in [2.24, 2.45) is 5.73 Å². The van der Waals surface area contributed by atoms with Crippen LogP contribution < -0.4 is 5.73 Å². The van der Waals surface area contributed by atoms with E-state index < -0.39 is 20.9 Å². The zero-order valence-electron chi connectivity index (χ0n) is 11.6. The molecule has 112 valence electrons. The Balaban J connectivity index is 2.03. The summed E-state index contributed by atoms with van der Waals surface area (Å²) in [7, 11) is -3.15. The van der Waals surface area contributed by atoms with Crippen molar-refractivity contribution in [1.29, 1.82) is 0 Å². The standard InChI is InChI=1S/C13H25NO4S/c1-2-3-4-9-19(15,16)12-10-13(6-5-11(12)14)17-7-8-18-13/h11-12H,2-10,14H2,1H3. The lowest BCUT2D eigenvalue weighted by molar-refractivity contribution is -0.177. The zero-order valence-corrected chi connectivity index (χ0v) is 12.5. The first-order chi connectivity index (χ1) is 8.99. The van der Waals surface area contributed by atoms with Gasteiger partial charge >= 0.3 is 0 Å². The van der Waals surface area contributed by atoms with Gasteiger partial charge in [-0.3, -0.25) is 0 Å². The van der Waals surface area contributed by atoms with Gasteiger partial charge in [0.15, 0.2) is 15.6 Å². The van der Waals surface area contributed by atoms with Crippen LogP contribution in [0, 0.1) is 0 Å². The first-order valence-corrected chi connectivity index (χ1v) is 8.96. The minimum Gasteiger partial charge on any atom is -0.347 e. The highest BCUT2D eigenvalue weighted by Gasteiger charge is 2.48. The van der Waals surface area contributed by atoms with E-state index in [9.17, 15) is 8.42 Å². The predicted molar refractivity (Wildman–Crippen MR) is 73.6 cm³/mol. The fourth-order valence-electron chi connectivity index (χ4n) is 2.99. The topological polar surface area (TPSA) is 78.6 Å². The zero-order chi connectivity index (χ0) is 13.9. The summed E-state index contributed by atoms with van der Waals surface area (Å²) >= 11 is 0. The second kappa shape index (κ2) is 6.08. The summed E-state index contributed by atoms with van der Waals surface area (Å²) in [6, 6.07) is -0.287. The van der Waals surface area contributed by atoms with Crippen LogP contribution in [0.1, 0.15) is 45.4 Å².